The summed E-state index contributed by atoms with van der Waals surface area (Å²) in [6.45, 7) is 3.30. The molecular weight excluding hydrogens is 206 g/mol. The van der Waals surface area contributed by atoms with Crippen LogP contribution < -0.4 is 5.32 Å². The van der Waals surface area contributed by atoms with E-state index < -0.39 is 0 Å². The van der Waals surface area contributed by atoms with Gasteiger partial charge in [-0.3, -0.25) is 0 Å². The first-order valence-electron chi connectivity index (χ1n) is 5.09. The Bertz CT molecular complexity index is 428. The summed E-state index contributed by atoms with van der Waals surface area (Å²) in [6.07, 6.45) is 4.02. The summed E-state index contributed by atoms with van der Waals surface area (Å²) in [6, 6.07) is 1.88. The van der Waals surface area contributed by atoms with Gasteiger partial charge in [0.1, 0.15) is 6.33 Å². The number of hydrogen-bond donors (Lipinski definition) is 1. The van der Waals surface area contributed by atoms with Gasteiger partial charge in [0.15, 0.2) is 5.82 Å². The summed E-state index contributed by atoms with van der Waals surface area (Å²) in [5.41, 5.74) is 0.972. The van der Waals surface area contributed by atoms with Gasteiger partial charge < -0.3 is 9.84 Å². The van der Waals surface area contributed by atoms with Gasteiger partial charge in [0.05, 0.1) is 5.69 Å². The summed E-state index contributed by atoms with van der Waals surface area (Å²) in [5, 5.41) is 7.06. The van der Waals surface area contributed by atoms with Crippen LogP contribution in [0.5, 0.6) is 0 Å². The largest absolute Gasteiger partial charge is 0.340 e. The lowest BCUT2D eigenvalue weighted by Crippen LogP contribution is -2.17. The maximum absolute atomic E-state index is 4.87. The van der Waals surface area contributed by atoms with Gasteiger partial charge in [0.2, 0.25) is 5.89 Å². The van der Waals surface area contributed by atoms with E-state index in [4.69, 9.17) is 4.52 Å². The minimum Gasteiger partial charge on any atom is -0.340 e. The molecule has 0 radical (unpaired) electrons. The zero-order valence-corrected chi connectivity index (χ0v) is 9.05. The van der Waals surface area contributed by atoms with Gasteiger partial charge in [-0.25, -0.2) is 9.97 Å². The van der Waals surface area contributed by atoms with E-state index in [9.17, 15) is 0 Å². The first-order chi connectivity index (χ1) is 7.84. The average Bonchev–Trinajstić information content (AvgIpc) is 2.72. The maximum Gasteiger partial charge on any atom is 0.223 e. The van der Waals surface area contributed by atoms with E-state index in [2.05, 4.69) is 25.4 Å². The first-order valence-corrected chi connectivity index (χ1v) is 5.09. The van der Waals surface area contributed by atoms with Crippen molar-refractivity contribution in [2.45, 2.75) is 19.9 Å². The fourth-order valence-corrected chi connectivity index (χ4v) is 1.28. The molecule has 6 nitrogen and oxygen atoms in total. The molecule has 2 aromatic rings. The van der Waals surface area contributed by atoms with Crippen molar-refractivity contribution in [1.29, 1.82) is 0 Å². The van der Waals surface area contributed by atoms with E-state index in [0.29, 0.717) is 5.89 Å². The highest BCUT2D eigenvalue weighted by Gasteiger charge is 2.01. The van der Waals surface area contributed by atoms with Crippen LogP contribution >= 0.6 is 0 Å². The number of nitrogens with zero attached hydrogens (tertiary/aromatic N) is 4. The van der Waals surface area contributed by atoms with Crippen LogP contribution in [-0.2, 0) is 13.0 Å². The number of aromatic nitrogens is 4. The molecule has 2 aromatic heterocycles. The molecule has 16 heavy (non-hydrogen) atoms. The molecule has 0 spiro atoms. The van der Waals surface area contributed by atoms with Crippen molar-refractivity contribution in [3.8, 4) is 0 Å². The second kappa shape index (κ2) is 5.32. The average molecular weight is 219 g/mol. The summed E-state index contributed by atoms with van der Waals surface area (Å²) in [5.74, 6) is 1.33. The van der Waals surface area contributed by atoms with Crippen LogP contribution in [0.2, 0.25) is 0 Å². The Morgan fingerprint density at radius 1 is 1.44 bits per heavy atom. The van der Waals surface area contributed by atoms with Crippen LogP contribution in [0, 0.1) is 6.92 Å². The molecule has 0 unspecified atom stereocenters. The number of aryl methyl sites for hydroxylation is 1. The van der Waals surface area contributed by atoms with Crippen molar-refractivity contribution in [2.75, 3.05) is 6.54 Å². The maximum atomic E-state index is 4.87. The van der Waals surface area contributed by atoms with Gasteiger partial charge in [-0.15, -0.1) is 0 Å². The molecule has 0 aliphatic rings. The Labute approximate surface area is 93.1 Å². The molecule has 0 saturated carbocycles. The molecule has 0 fully saturated rings. The zero-order valence-electron chi connectivity index (χ0n) is 9.05. The molecule has 0 atom stereocenters. The SMILES string of the molecule is Cc1nc(CCNCc2ccncn2)no1. The van der Waals surface area contributed by atoms with Crippen molar-refractivity contribution in [1.82, 2.24) is 25.4 Å². The van der Waals surface area contributed by atoms with Gasteiger partial charge >= 0.3 is 0 Å². The number of hydrogen-bond acceptors (Lipinski definition) is 6. The molecule has 6 heteroatoms. The molecule has 0 saturated heterocycles. The van der Waals surface area contributed by atoms with E-state index in [0.717, 1.165) is 31.0 Å². The topological polar surface area (TPSA) is 76.7 Å². The van der Waals surface area contributed by atoms with E-state index >= 15 is 0 Å². The predicted molar refractivity (Wildman–Crippen MR) is 56.5 cm³/mol. The highest BCUT2D eigenvalue weighted by atomic mass is 16.5. The zero-order chi connectivity index (χ0) is 11.2. The number of rotatable bonds is 5. The molecule has 84 valence electrons. The Hall–Kier alpha value is -1.82. The second-order valence-corrected chi connectivity index (χ2v) is 3.36. The molecule has 0 aliphatic heterocycles. The van der Waals surface area contributed by atoms with E-state index in [1.165, 1.54) is 0 Å². The third-order valence-electron chi connectivity index (χ3n) is 2.04. The van der Waals surface area contributed by atoms with Gasteiger partial charge in [-0.1, -0.05) is 5.16 Å². The molecule has 0 aromatic carbocycles. The van der Waals surface area contributed by atoms with Gasteiger partial charge in [-0.05, 0) is 6.07 Å². The molecule has 0 aliphatic carbocycles. The fraction of sp³-hybridized carbons (Fsp3) is 0.400. The van der Waals surface area contributed by atoms with Gasteiger partial charge in [0.25, 0.3) is 0 Å². The highest BCUT2D eigenvalue weighted by Crippen LogP contribution is 1.95. The third-order valence-corrected chi connectivity index (χ3v) is 2.04. The second-order valence-electron chi connectivity index (χ2n) is 3.36. The first kappa shape index (κ1) is 10.7. The van der Waals surface area contributed by atoms with Crippen LogP contribution in [0.25, 0.3) is 0 Å². The minimum atomic E-state index is 0.603. The summed E-state index contributed by atoms with van der Waals surface area (Å²) < 4.78 is 4.87. The lowest BCUT2D eigenvalue weighted by atomic mass is 10.3. The van der Waals surface area contributed by atoms with Crippen molar-refractivity contribution >= 4 is 0 Å². The molecule has 2 rings (SSSR count). The van der Waals surface area contributed by atoms with E-state index in [1.807, 2.05) is 6.07 Å². The van der Waals surface area contributed by atoms with Crippen molar-refractivity contribution in [3.63, 3.8) is 0 Å². The predicted octanol–water partition coefficient (Wildman–Crippen LogP) is 0.500. The highest BCUT2D eigenvalue weighted by molar-refractivity contribution is 4.97. The van der Waals surface area contributed by atoms with Crippen molar-refractivity contribution in [2.24, 2.45) is 0 Å². The third kappa shape index (κ3) is 3.09. The standard InChI is InChI=1S/C10H13N5O/c1-8-14-10(15-16-8)3-5-11-6-9-2-4-12-7-13-9/h2,4,7,11H,3,5-6H2,1H3. The lowest BCUT2D eigenvalue weighted by Gasteiger charge is -2.01. The number of nitrogens with one attached hydrogen (secondary N) is 1. The Balaban J connectivity index is 1.69. The van der Waals surface area contributed by atoms with E-state index in [-0.39, 0.29) is 0 Å². The monoisotopic (exact) mass is 219 g/mol. The van der Waals surface area contributed by atoms with Crippen LogP contribution in [0.15, 0.2) is 23.1 Å². The molecule has 2 heterocycles. The van der Waals surface area contributed by atoms with Crippen LogP contribution in [0.4, 0.5) is 0 Å². The summed E-state index contributed by atoms with van der Waals surface area (Å²) in [4.78, 5) is 12.1. The lowest BCUT2D eigenvalue weighted by molar-refractivity contribution is 0.387. The fourth-order valence-electron chi connectivity index (χ4n) is 1.28. The molecule has 0 bridgehead atoms. The quantitative estimate of drug-likeness (QED) is 0.738. The van der Waals surface area contributed by atoms with E-state index in [1.54, 1.807) is 19.4 Å². The Morgan fingerprint density at radius 2 is 2.38 bits per heavy atom. The smallest absolute Gasteiger partial charge is 0.223 e. The van der Waals surface area contributed by atoms with Gasteiger partial charge in [0, 0.05) is 32.6 Å². The summed E-state index contributed by atoms with van der Waals surface area (Å²) >= 11 is 0. The minimum absolute atomic E-state index is 0.603. The Morgan fingerprint density at radius 3 is 3.06 bits per heavy atom. The van der Waals surface area contributed by atoms with Crippen LogP contribution in [-0.4, -0.2) is 26.7 Å². The molecule has 1 N–H and O–H groups in total. The normalized spacial score (nSPS) is 10.6. The van der Waals surface area contributed by atoms with Crippen LogP contribution in [0.1, 0.15) is 17.4 Å². The van der Waals surface area contributed by atoms with Crippen molar-refractivity contribution in [3.05, 3.63) is 36.0 Å². The summed E-state index contributed by atoms with van der Waals surface area (Å²) in [7, 11) is 0. The molecule has 0 amide bonds. The Kier molecular flexibility index (Phi) is 3.55. The van der Waals surface area contributed by atoms with Crippen LogP contribution in [0.3, 0.4) is 0 Å². The van der Waals surface area contributed by atoms with Gasteiger partial charge in [-0.2, -0.15) is 4.98 Å². The van der Waals surface area contributed by atoms with Crippen molar-refractivity contribution < 1.29 is 4.52 Å². The molecular formula is C10H13N5O.